The van der Waals surface area contributed by atoms with Gasteiger partial charge in [0.2, 0.25) is 0 Å². The van der Waals surface area contributed by atoms with Crippen LogP contribution in [0.1, 0.15) is 90.9 Å². The van der Waals surface area contributed by atoms with Gasteiger partial charge in [-0.15, -0.1) is 0 Å². The molecule has 0 rings (SSSR count). The molecular formula is C18H35NaO4. The number of carbonyl (C=O) groups excluding carboxylic acids is 2. The summed E-state index contributed by atoms with van der Waals surface area (Å²) in [7, 11) is 0. The van der Waals surface area contributed by atoms with Crippen LogP contribution in [0.5, 0.6) is 0 Å². The van der Waals surface area contributed by atoms with Gasteiger partial charge in [-0.1, -0.05) is 52.4 Å². The van der Waals surface area contributed by atoms with Crippen molar-refractivity contribution in [2.45, 2.75) is 90.9 Å². The summed E-state index contributed by atoms with van der Waals surface area (Å²) in [4.78, 5) is 22.9. The van der Waals surface area contributed by atoms with Gasteiger partial charge in [-0.3, -0.25) is 9.59 Å². The van der Waals surface area contributed by atoms with Crippen molar-refractivity contribution in [2.24, 2.45) is 0 Å². The summed E-state index contributed by atoms with van der Waals surface area (Å²) in [5, 5.41) is 0. The van der Waals surface area contributed by atoms with E-state index in [4.69, 9.17) is 9.47 Å². The number of hydrogen-bond donors (Lipinski definition) is 0. The van der Waals surface area contributed by atoms with E-state index >= 15 is 0 Å². The molecular weight excluding hydrogens is 303 g/mol. The molecule has 0 aliphatic carbocycles. The Balaban J connectivity index is 0. The second-order valence-corrected chi connectivity index (χ2v) is 5.77. The Morgan fingerprint density at radius 1 is 0.609 bits per heavy atom. The number of unbranched alkanes of at least 4 members (excludes halogenated alkanes) is 7. The first-order valence-corrected chi connectivity index (χ1v) is 9.02. The molecule has 5 heteroatoms. The molecule has 132 valence electrons. The maximum atomic E-state index is 11.5. The van der Waals surface area contributed by atoms with Crippen LogP contribution in [0.15, 0.2) is 0 Å². The van der Waals surface area contributed by atoms with Crippen molar-refractivity contribution in [3.63, 3.8) is 0 Å². The van der Waals surface area contributed by atoms with Gasteiger partial charge in [0.15, 0.2) is 0 Å². The topological polar surface area (TPSA) is 52.6 Å². The van der Waals surface area contributed by atoms with Crippen molar-refractivity contribution in [3.05, 3.63) is 0 Å². The van der Waals surface area contributed by atoms with Crippen molar-refractivity contribution < 1.29 is 19.1 Å². The van der Waals surface area contributed by atoms with Crippen molar-refractivity contribution >= 4 is 41.5 Å². The minimum atomic E-state index is -0.149. The Hall–Kier alpha value is -0.0600. The zero-order chi connectivity index (χ0) is 16.5. The van der Waals surface area contributed by atoms with Crippen molar-refractivity contribution in [3.8, 4) is 0 Å². The first-order chi connectivity index (χ1) is 10.7. The minimum absolute atomic E-state index is 0. The number of hydrogen-bond acceptors (Lipinski definition) is 4. The van der Waals surface area contributed by atoms with Crippen molar-refractivity contribution in [1.29, 1.82) is 0 Å². The molecule has 0 saturated heterocycles. The van der Waals surface area contributed by atoms with Crippen LogP contribution in [0.25, 0.3) is 0 Å². The molecule has 0 aliphatic rings. The number of ether oxygens (including phenoxy) is 2. The molecule has 0 atom stereocenters. The third-order valence-electron chi connectivity index (χ3n) is 3.53. The molecule has 0 unspecified atom stereocenters. The Labute approximate surface area is 164 Å². The number of carbonyl (C=O) groups is 2. The Bertz CT molecular complexity index is 254. The monoisotopic (exact) mass is 338 g/mol. The Morgan fingerprint density at radius 2 is 1.00 bits per heavy atom. The summed E-state index contributed by atoms with van der Waals surface area (Å²) >= 11 is 0. The molecule has 23 heavy (non-hydrogen) atoms. The average Bonchev–Trinajstić information content (AvgIpc) is 2.51. The third kappa shape index (κ3) is 19.9. The molecule has 0 radical (unpaired) electrons. The average molecular weight is 338 g/mol. The predicted molar refractivity (Wildman–Crippen MR) is 95.8 cm³/mol. The fourth-order valence-corrected chi connectivity index (χ4v) is 2.11. The third-order valence-corrected chi connectivity index (χ3v) is 3.53. The molecule has 0 saturated carbocycles. The van der Waals surface area contributed by atoms with Crippen LogP contribution in [-0.2, 0) is 19.1 Å². The SMILES string of the molecule is CCCCCCOC(=O)CCCCC(=O)OCCCCCC.[NaH]. The molecule has 0 N–H and O–H groups in total. The summed E-state index contributed by atoms with van der Waals surface area (Å²) in [5.74, 6) is -0.297. The normalized spacial score (nSPS) is 10.0. The van der Waals surface area contributed by atoms with E-state index in [1.54, 1.807) is 0 Å². The molecule has 0 aromatic rings. The van der Waals surface area contributed by atoms with Crippen LogP contribution < -0.4 is 0 Å². The fourth-order valence-electron chi connectivity index (χ4n) is 2.11. The van der Waals surface area contributed by atoms with E-state index < -0.39 is 0 Å². The van der Waals surface area contributed by atoms with Crippen molar-refractivity contribution in [1.82, 2.24) is 0 Å². The first-order valence-electron chi connectivity index (χ1n) is 9.02. The Morgan fingerprint density at radius 3 is 1.35 bits per heavy atom. The molecule has 0 bridgehead atoms. The fraction of sp³-hybridized carbons (Fsp3) is 0.889. The molecule has 0 aromatic carbocycles. The summed E-state index contributed by atoms with van der Waals surface area (Å²) in [5.41, 5.74) is 0. The van der Waals surface area contributed by atoms with Gasteiger partial charge in [0.1, 0.15) is 0 Å². The molecule has 0 fully saturated rings. The van der Waals surface area contributed by atoms with E-state index in [2.05, 4.69) is 13.8 Å². The second kappa shape index (κ2) is 20.0. The predicted octanol–water partition coefficient (Wildman–Crippen LogP) is 4.15. The molecule has 0 aromatic heterocycles. The Kier molecular flexibility index (Phi) is 21.9. The maximum absolute atomic E-state index is 11.5. The quantitative estimate of drug-likeness (QED) is 0.256. The van der Waals surface area contributed by atoms with E-state index in [1.807, 2.05) is 0 Å². The zero-order valence-electron chi connectivity index (χ0n) is 14.5. The summed E-state index contributed by atoms with van der Waals surface area (Å²) < 4.78 is 10.3. The van der Waals surface area contributed by atoms with E-state index in [1.165, 1.54) is 25.7 Å². The van der Waals surface area contributed by atoms with Crippen LogP contribution in [0.2, 0.25) is 0 Å². The van der Waals surface area contributed by atoms with Crippen LogP contribution in [0.3, 0.4) is 0 Å². The molecule has 0 heterocycles. The van der Waals surface area contributed by atoms with Gasteiger partial charge in [0.25, 0.3) is 0 Å². The van der Waals surface area contributed by atoms with Gasteiger partial charge >= 0.3 is 41.5 Å². The molecule has 0 amide bonds. The molecule has 0 spiro atoms. The van der Waals surface area contributed by atoms with Crippen LogP contribution in [0, 0.1) is 0 Å². The van der Waals surface area contributed by atoms with Gasteiger partial charge in [0, 0.05) is 12.8 Å². The van der Waals surface area contributed by atoms with Gasteiger partial charge in [0.05, 0.1) is 13.2 Å². The van der Waals surface area contributed by atoms with E-state index in [0.29, 0.717) is 38.9 Å². The molecule has 4 nitrogen and oxygen atoms in total. The summed E-state index contributed by atoms with van der Waals surface area (Å²) in [6, 6.07) is 0. The van der Waals surface area contributed by atoms with Crippen LogP contribution >= 0.6 is 0 Å². The zero-order valence-corrected chi connectivity index (χ0v) is 14.5. The molecule has 0 aliphatic heterocycles. The first kappa shape index (κ1) is 25.2. The van der Waals surface area contributed by atoms with Gasteiger partial charge in [-0.2, -0.15) is 0 Å². The van der Waals surface area contributed by atoms with Gasteiger partial charge in [-0.25, -0.2) is 0 Å². The van der Waals surface area contributed by atoms with Crippen LogP contribution in [0.4, 0.5) is 0 Å². The van der Waals surface area contributed by atoms with E-state index in [0.717, 1.165) is 25.7 Å². The van der Waals surface area contributed by atoms with E-state index in [9.17, 15) is 9.59 Å². The number of rotatable bonds is 15. The summed E-state index contributed by atoms with van der Waals surface area (Å²) in [6.07, 6.45) is 11.1. The van der Waals surface area contributed by atoms with Gasteiger partial charge < -0.3 is 9.47 Å². The standard InChI is InChI=1S/C18H34O4.Na.H/c1-3-5-7-11-15-21-17(19)13-9-10-14-18(20)22-16-12-8-6-4-2;;/h3-16H2,1-2H3;;. The second-order valence-electron chi connectivity index (χ2n) is 5.77. The van der Waals surface area contributed by atoms with E-state index in [-0.39, 0.29) is 41.5 Å². The van der Waals surface area contributed by atoms with Crippen LogP contribution in [-0.4, -0.2) is 54.7 Å². The summed E-state index contributed by atoms with van der Waals surface area (Å²) in [6.45, 7) is 5.36. The number of esters is 2. The van der Waals surface area contributed by atoms with Gasteiger partial charge in [-0.05, 0) is 25.7 Å². The van der Waals surface area contributed by atoms with Crippen molar-refractivity contribution in [2.75, 3.05) is 13.2 Å².